The number of aryl methyl sites for hydroxylation is 1. The van der Waals surface area contributed by atoms with E-state index < -0.39 is 0 Å². The average molecular weight is 246 g/mol. The number of fused-ring (bicyclic) bond motifs is 1. The molecule has 0 heterocycles. The van der Waals surface area contributed by atoms with Crippen molar-refractivity contribution in [3.05, 3.63) is 35.4 Å². The summed E-state index contributed by atoms with van der Waals surface area (Å²) in [6.45, 7) is 4.27. The maximum Gasteiger partial charge on any atom is 0.161 e. The second-order valence-electron chi connectivity index (χ2n) is 5.17. The molecule has 0 amide bonds. The fraction of sp³-hybridized carbons (Fsp3) is 0.562. The van der Waals surface area contributed by atoms with Crippen LogP contribution in [0.1, 0.15) is 50.3 Å². The maximum absolute atomic E-state index is 11.8. The third-order valence-corrected chi connectivity index (χ3v) is 3.90. The molecule has 0 saturated heterocycles. The van der Waals surface area contributed by atoms with Crippen LogP contribution in [0, 0.1) is 5.92 Å². The molecule has 0 saturated carbocycles. The van der Waals surface area contributed by atoms with Crippen LogP contribution in [0.15, 0.2) is 24.3 Å². The summed E-state index contributed by atoms with van der Waals surface area (Å²) in [6, 6.07) is 8.43. The van der Waals surface area contributed by atoms with Gasteiger partial charge in [0, 0.05) is 5.92 Å². The van der Waals surface area contributed by atoms with Crippen LogP contribution < -0.4 is 0 Å². The fourth-order valence-electron chi connectivity index (χ4n) is 2.44. The number of hydrogen-bond acceptors (Lipinski definition) is 2. The van der Waals surface area contributed by atoms with Gasteiger partial charge in [0.25, 0.3) is 0 Å². The van der Waals surface area contributed by atoms with Crippen molar-refractivity contribution < 1.29 is 9.53 Å². The minimum absolute atomic E-state index is 0.114. The number of Topliss-reactive ketones (excluding diaryl/α,β-unsaturated/α-hetero) is 1. The molecular formula is C16H22O2. The van der Waals surface area contributed by atoms with Gasteiger partial charge in [0.15, 0.2) is 5.78 Å². The quantitative estimate of drug-likeness (QED) is 0.792. The van der Waals surface area contributed by atoms with Gasteiger partial charge in [-0.2, -0.15) is 0 Å². The van der Waals surface area contributed by atoms with Gasteiger partial charge in [-0.25, -0.2) is 0 Å². The molecule has 2 atom stereocenters. The zero-order chi connectivity index (χ0) is 13.0. The monoisotopic (exact) mass is 246 g/mol. The Morgan fingerprint density at radius 3 is 3.00 bits per heavy atom. The Morgan fingerprint density at radius 2 is 2.22 bits per heavy atom. The molecule has 1 aliphatic rings. The van der Waals surface area contributed by atoms with E-state index in [2.05, 4.69) is 24.3 Å². The molecule has 0 N–H and O–H groups in total. The average Bonchev–Trinajstić information content (AvgIpc) is 2.43. The molecule has 0 aliphatic heterocycles. The summed E-state index contributed by atoms with van der Waals surface area (Å²) < 4.78 is 5.84. The van der Waals surface area contributed by atoms with Crippen molar-refractivity contribution in [3.8, 4) is 0 Å². The molecule has 2 unspecified atom stereocenters. The topological polar surface area (TPSA) is 26.3 Å². The zero-order valence-corrected chi connectivity index (χ0v) is 11.3. The van der Waals surface area contributed by atoms with Gasteiger partial charge in [-0.3, -0.25) is 4.79 Å². The molecule has 2 heteroatoms. The first kappa shape index (κ1) is 13.3. The maximum atomic E-state index is 11.8. The highest BCUT2D eigenvalue weighted by Gasteiger charge is 2.21. The molecule has 0 bridgehead atoms. The van der Waals surface area contributed by atoms with Crippen LogP contribution in [0.4, 0.5) is 0 Å². The lowest BCUT2D eigenvalue weighted by atomic mass is 9.89. The molecule has 1 aliphatic carbocycles. The van der Waals surface area contributed by atoms with Crippen molar-refractivity contribution in [3.63, 3.8) is 0 Å². The van der Waals surface area contributed by atoms with Crippen molar-refractivity contribution in [1.29, 1.82) is 0 Å². The molecular weight excluding hydrogens is 224 g/mol. The Kier molecular flexibility index (Phi) is 4.54. The van der Waals surface area contributed by atoms with Crippen LogP contribution >= 0.6 is 0 Å². The van der Waals surface area contributed by atoms with Crippen LogP contribution in [0.5, 0.6) is 0 Å². The normalized spacial score (nSPS) is 20.2. The van der Waals surface area contributed by atoms with E-state index in [-0.39, 0.29) is 24.4 Å². The van der Waals surface area contributed by atoms with Crippen molar-refractivity contribution in [2.45, 2.75) is 45.6 Å². The van der Waals surface area contributed by atoms with Crippen LogP contribution in [0.25, 0.3) is 0 Å². The highest BCUT2D eigenvalue weighted by atomic mass is 16.5. The van der Waals surface area contributed by atoms with E-state index in [0.717, 1.165) is 25.7 Å². The van der Waals surface area contributed by atoms with Gasteiger partial charge in [0.05, 0.1) is 6.10 Å². The Hall–Kier alpha value is -1.15. The number of carbonyl (C=O) groups is 1. The van der Waals surface area contributed by atoms with Gasteiger partial charge in [-0.15, -0.1) is 0 Å². The lowest BCUT2D eigenvalue weighted by molar-refractivity contribution is -0.129. The lowest BCUT2D eigenvalue weighted by Crippen LogP contribution is -2.21. The predicted molar refractivity (Wildman–Crippen MR) is 72.5 cm³/mol. The van der Waals surface area contributed by atoms with E-state index in [1.54, 1.807) is 0 Å². The summed E-state index contributed by atoms with van der Waals surface area (Å²) in [5, 5.41) is 0. The number of rotatable bonds is 5. The Morgan fingerprint density at radius 1 is 1.44 bits per heavy atom. The third kappa shape index (κ3) is 2.99. The molecule has 2 nitrogen and oxygen atoms in total. The van der Waals surface area contributed by atoms with Crippen molar-refractivity contribution >= 4 is 5.78 Å². The summed E-state index contributed by atoms with van der Waals surface area (Å²) >= 11 is 0. The Balaban J connectivity index is 1.97. The number of hydrogen-bond donors (Lipinski definition) is 0. The lowest BCUT2D eigenvalue weighted by Gasteiger charge is -2.25. The van der Waals surface area contributed by atoms with E-state index in [0.29, 0.717) is 0 Å². The first-order valence-corrected chi connectivity index (χ1v) is 6.94. The number of carbonyl (C=O) groups excluding carboxylic acids is 1. The Labute approximate surface area is 109 Å². The van der Waals surface area contributed by atoms with E-state index >= 15 is 0 Å². The highest BCUT2D eigenvalue weighted by Crippen LogP contribution is 2.32. The van der Waals surface area contributed by atoms with Crippen LogP contribution in [-0.2, 0) is 16.0 Å². The van der Waals surface area contributed by atoms with Crippen LogP contribution in [0.2, 0.25) is 0 Å². The highest BCUT2D eigenvalue weighted by molar-refractivity contribution is 5.81. The molecule has 0 radical (unpaired) electrons. The summed E-state index contributed by atoms with van der Waals surface area (Å²) in [5.41, 5.74) is 2.66. The molecule has 0 spiro atoms. The molecule has 2 rings (SSSR count). The molecule has 1 aromatic carbocycles. The van der Waals surface area contributed by atoms with Crippen molar-refractivity contribution in [2.75, 3.05) is 6.61 Å². The van der Waals surface area contributed by atoms with Crippen LogP contribution in [0.3, 0.4) is 0 Å². The molecule has 18 heavy (non-hydrogen) atoms. The van der Waals surface area contributed by atoms with Crippen molar-refractivity contribution in [2.24, 2.45) is 5.92 Å². The first-order valence-electron chi connectivity index (χ1n) is 6.94. The van der Waals surface area contributed by atoms with Gasteiger partial charge >= 0.3 is 0 Å². The van der Waals surface area contributed by atoms with Gasteiger partial charge in [-0.05, 0) is 36.8 Å². The smallest absolute Gasteiger partial charge is 0.161 e. The number of ether oxygens (including phenoxy) is 1. The van der Waals surface area contributed by atoms with Crippen molar-refractivity contribution in [1.82, 2.24) is 0 Å². The third-order valence-electron chi connectivity index (χ3n) is 3.90. The van der Waals surface area contributed by atoms with Gasteiger partial charge < -0.3 is 4.74 Å². The fourth-order valence-corrected chi connectivity index (χ4v) is 2.44. The first-order chi connectivity index (χ1) is 8.72. The Bertz CT molecular complexity index is 411. The summed E-state index contributed by atoms with van der Waals surface area (Å²) in [4.78, 5) is 11.8. The minimum atomic E-state index is 0.114. The molecule has 0 fully saturated rings. The second-order valence-corrected chi connectivity index (χ2v) is 5.17. The molecule has 98 valence electrons. The zero-order valence-electron chi connectivity index (χ0n) is 11.3. The summed E-state index contributed by atoms with van der Waals surface area (Å²) in [7, 11) is 0. The van der Waals surface area contributed by atoms with E-state index in [4.69, 9.17) is 4.74 Å². The molecule has 1 aromatic rings. The minimum Gasteiger partial charge on any atom is -0.366 e. The van der Waals surface area contributed by atoms with Gasteiger partial charge in [-0.1, -0.05) is 38.1 Å². The van der Waals surface area contributed by atoms with Crippen LogP contribution in [-0.4, -0.2) is 12.4 Å². The number of ketones is 1. The van der Waals surface area contributed by atoms with Gasteiger partial charge in [0.2, 0.25) is 0 Å². The van der Waals surface area contributed by atoms with Gasteiger partial charge in [0.1, 0.15) is 6.61 Å². The standard InChI is InChI=1S/C16H22O2/c1-3-12(2)15(17)11-18-16-10-6-8-13-7-4-5-9-14(13)16/h4-5,7,9,12,16H,3,6,8,10-11H2,1-2H3. The SMILES string of the molecule is CCC(C)C(=O)COC1CCCc2ccccc21. The summed E-state index contributed by atoms with van der Waals surface area (Å²) in [5.74, 6) is 0.337. The summed E-state index contributed by atoms with van der Waals surface area (Å²) in [6.07, 6.45) is 4.32. The van der Waals surface area contributed by atoms with E-state index in [1.807, 2.05) is 13.8 Å². The van der Waals surface area contributed by atoms with E-state index in [9.17, 15) is 4.79 Å². The molecule has 0 aromatic heterocycles. The predicted octanol–water partition coefficient (Wildman–Crippen LogP) is 3.70. The van der Waals surface area contributed by atoms with E-state index in [1.165, 1.54) is 11.1 Å². The largest absolute Gasteiger partial charge is 0.366 e. The second kappa shape index (κ2) is 6.14. The number of benzene rings is 1.